The number of allylic oxidation sites excluding steroid dienone is 1. The van der Waals surface area contributed by atoms with Gasteiger partial charge in [0, 0.05) is 36.6 Å². The van der Waals surface area contributed by atoms with E-state index in [4.69, 9.17) is 0 Å². The molecular formula is C14H19N3O2. The molecule has 2 amide bonds. The molecule has 0 aromatic carbocycles. The zero-order valence-corrected chi connectivity index (χ0v) is 11.3. The van der Waals surface area contributed by atoms with Gasteiger partial charge >= 0.3 is 0 Å². The van der Waals surface area contributed by atoms with Crippen molar-refractivity contribution in [1.29, 1.82) is 0 Å². The third kappa shape index (κ3) is 5.81. The van der Waals surface area contributed by atoms with Gasteiger partial charge in [-0.05, 0) is 25.5 Å². The van der Waals surface area contributed by atoms with E-state index in [0.29, 0.717) is 17.8 Å². The van der Waals surface area contributed by atoms with Crippen molar-refractivity contribution in [3.05, 3.63) is 36.2 Å². The summed E-state index contributed by atoms with van der Waals surface area (Å²) in [6, 6.07) is 3.43. The summed E-state index contributed by atoms with van der Waals surface area (Å²) in [6.07, 6.45) is 6.13. The van der Waals surface area contributed by atoms with E-state index in [-0.39, 0.29) is 18.2 Å². The first-order valence-electron chi connectivity index (χ1n) is 6.28. The number of rotatable bonds is 6. The molecule has 1 rings (SSSR count). The van der Waals surface area contributed by atoms with Gasteiger partial charge in [-0.2, -0.15) is 0 Å². The highest BCUT2D eigenvalue weighted by Gasteiger charge is 2.05. The fourth-order valence-electron chi connectivity index (χ4n) is 1.49. The molecular weight excluding hydrogens is 242 g/mol. The van der Waals surface area contributed by atoms with Crippen LogP contribution in [0.15, 0.2) is 36.2 Å². The fourth-order valence-corrected chi connectivity index (χ4v) is 1.49. The second-order valence-electron chi connectivity index (χ2n) is 4.09. The highest BCUT2D eigenvalue weighted by atomic mass is 16.2. The van der Waals surface area contributed by atoms with Crippen LogP contribution in [0, 0.1) is 0 Å². The van der Waals surface area contributed by atoms with E-state index in [1.807, 2.05) is 13.0 Å². The van der Waals surface area contributed by atoms with E-state index in [0.717, 1.165) is 6.42 Å². The second-order valence-corrected chi connectivity index (χ2v) is 4.09. The summed E-state index contributed by atoms with van der Waals surface area (Å²) < 4.78 is 0. The zero-order valence-electron chi connectivity index (χ0n) is 11.3. The lowest BCUT2D eigenvalue weighted by atomic mass is 10.2. The Kier molecular flexibility index (Phi) is 6.29. The Balaban J connectivity index is 2.28. The van der Waals surface area contributed by atoms with Gasteiger partial charge in [0.1, 0.15) is 0 Å². The maximum Gasteiger partial charge on any atom is 0.246 e. The Labute approximate surface area is 113 Å². The molecule has 5 heteroatoms. The van der Waals surface area contributed by atoms with Gasteiger partial charge in [0.2, 0.25) is 11.8 Å². The molecule has 0 spiro atoms. The number of anilines is 1. The number of aromatic nitrogens is 1. The van der Waals surface area contributed by atoms with Crippen LogP contribution in [0.5, 0.6) is 0 Å². The van der Waals surface area contributed by atoms with Crippen LogP contribution in [0.1, 0.15) is 26.7 Å². The average Bonchev–Trinajstić information content (AvgIpc) is 2.40. The average molecular weight is 261 g/mol. The molecule has 0 saturated carbocycles. The Hall–Kier alpha value is -2.17. The Morgan fingerprint density at radius 2 is 2.00 bits per heavy atom. The van der Waals surface area contributed by atoms with Crippen molar-refractivity contribution >= 4 is 17.5 Å². The number of hydrogen-bond donors (Lipinski definition) is 2. The zero-order chi connectivity index (χ0) is 14.1. The number of nitrogens with zero attached hydrogens (tertiary/aromatic N) is 1. The summed E-state index contributed by atoms with van der Waals surface area (Å²) in [6.45, 7) is 4.06. The first kappa shape index (κ1) is 14.9. The maximum absolute atomic E-state index is 11.6. The molecule has 0 saturated heterocycles. The first-order valence-corrected chi connectivity index (χ1v) is 6.28. The lowest BCUT2D eigenvalue weighted by Gasteiger charge is -2.06. The number of amides is 2. The van der Waals surface area contributed by atoms with Crippen LogP contribution >= 0.6 is 0 Å². The van der Waals surface area contributed by atoms with E-state index in [1.54, 1.807) is 31.5 Å². The lowest BCUT2D eigenvalue weighted by molar-refractivity contribution is -0.118. The van der Waals surface area contributed by atoms with Crippen LogP contribution in [0.4, 0.5) is 5.69 Å². The third-order valence-corrected chi connectivity index (χ3v) is 2.47. The molecule has 0 fully saturated rings. The highest BCUT2D eigenvalue weighted by molar-refractivity contribution is 5.94. The minimum absolute atomic E-state index is 0.126. The van der Waals surface area contributed by atoms with Crippen molar-refractivity contribution in [2.24, 2.45) is 0 Å². The molecule has 0 aliphatic rings. The molecule has 0 unspecified atom stereocenters. The van der Waals surface area contributed by atoms with Gasteiger partial charge < -0.3 is 10.6 Å². The number of carbonyl (C=O) groups is 2. The second kappa shape index (κ2) is 8.02. The van der Waals surface area contributed by atoms with E-state index in [1.165, 1.54) is 0 Å². The largest absolute Gasteiger partial charge is 0.352 e. The lowest BCUT2D eigenvalue weighted by Crippen LogP contribution is -2.28. The Bertz CT molecular complexity index is 455. The first-order chi connectivity index (χ1) is 9.13. The quantitative estimate of drug-likeness (QED) is 0.768. The van der Waals surface area contributed by atoms with E-state index >= 15 is 0 Å². The molecule has 2 N–H and O–H groups in total. The normalized spacial score (nSPS) is 10.9. The smallest absolute Gasteiger partial charge is 0.246 e. The summed E-state index contributed by atoms with van der Waals surface area (Å²) in [5.41, 5.74) is 1.38. The summed E-state index contributed by atoms with van der Waals surface area (Å²) >= 11 is 0. The van der Waals surface area contributed by atoms with Crippen molar-refractivity contribution in [1.82, 2.24) is 10.3 Å². The van der Waals surface area contributed by atoms with Gasteiger partial charge in [0.25, 0.3) is 0 Å². The standard InChI is InChI=1S/C14H19N3O2/c1-3-4-11(2)14(19)16-10-7-13(18)17-12-5-8-15-9-6-12/h4-6,8-9H,3,7,10H2,1-2H3,(H,16,19)(H,15,17,18). The summed E-state index contributed by atoms with van der Waals surface area (Å²) in [4.78, 5) is 27.0. The monoisotopic (exact) mass is 261 g/mol. The van der Waals surface area contributed by atoms with Crippen LogP contribution in [-0.2, 0) is 9.59 Å². The molecule has 0 radical (unpaired) electrons. The minimum Gasteiger partial charge on any atom is -0.352 e. The predicted octanol–water partition coefficient (Wildman–Crippen LogP) is 1.88. The van der Waals surface area contributed by atoms with Gasteiger partial charge in [-0.25, -0.2) is 0 Å². The number of carbonyl (C=O) groups excluding carboxylic acids is 2. The maximum atomic E-state index is 11.6. The minimum atomic E-state index is -0.136. The predicted molar refractivity (Wildman–Crippen MR) is 74.5 cm³/mol. The molecule has 102 valence electrons. The van der Waals surface area contributed by atoms with Crippen LogP contribution in [-0.4, -0.2) is 23.3 Å². The van der Waals surface area contributed by atoms with Gasteiger partial charge in [-0.1, -0.05) is 13.0 Å². The van der Waals surface area contributed by atoms with Gasteiger partial charge in [-0.15, -0.1) is 0 Å². The van der Waals surface area contributed by atoms with Crippen molar-refractivity contribution < 1.29 is 9.59 Å². The summed E-state index contributed by atoms with van der Waals surface area (Å²) in [5, 5.41) is 5.43. The van der Waals surface area contributed by atoms with Crippen molar-refractivity contribution in [3.63, 3.8) is 0 Å². The molecule has 0 aliphatic carbocycles. The molecule has 5 nitrogen and oxygen atoms in total. The molecule has 1 aromatic rings. The van der Waals surface area contributed by atoms with Crippen LogP contribution in [0.25, 0.3) is 0 Å². The van der Waals surface area contributed by atoms with Gasteiger partial charge in [-0.3, -0.25) is 14.6 Å². The molecule has 0 bridgehead atoms. The fraction of sp³-hybridized carbons (Fsp3) is 0.357. The van der Waals surface area contributed by atoms with Gasteiger partial charge in [0.05, 0.1) is 0 Å². The van der Waals surface area contributed by atoms with Crippen molar-refractivity contribution in [2.45, 2.75) is 26.7 Å². The number of pyridine rings is 1. The molecule has 1 heterocycles. The molecule has 0 aliphatic heterocycles. The Morgan fingerprint density at radius 1 is 1.32 bits per heavy atom. The van der Waals surface area contributed by atoms with Crippen LogP contribution in [0.2, 0.25) is 0 Å². The summed E-state index contributed by atoms with van der Waals surface area (Å²) in [7, 11) is 0. The topological polar surface area (TPSA) is 71.1 Å². The number of hydrogen-bond acceptors (Lipinski definition) is 3. The highest BCUT2D eigenvalue weighted by Crippen LogP contribution is 2.03. The molecule has 19 heavy (non-hydrogen) atoms. The Morgan fingerprint density at radius 3 is 2.63 bits per heavy atom. The van der Waals surface area contributed by atoms with E-state index in [2.05, 4.69) is 15.6 Å². The third-order valence-electron chi connectivity index (χ3n) is 2.47. The van der Waals surface area contributed by atoms with Crippen molar-refractivity contribution in [3.8, 4) is 0 Å². The van der Waals surface area contributed by atoms with Gasteiger partial charge in [0.15, 0.2) is 0 Å². The van der Waals surface area contributed by atoms with E-state index < -0.39 is 0 Å². The van der Waals surface area contributed by atoms with Crippen LogP contribution in [0.3, 0.4) is 0 Å². The number of nitrogens with one attached hydrogen (secondary N) is 2. The molecule has 0 atom stereocenters. The summed E-state index contributed by atoms with van der Waals surface area (Å²) in [5.74, 6) is -0.262. The van der Waals surface area contributed by atoms with E-state index in [9.17, 15) is 9.59 Å². The molecule has 1 aromatic heterocycles. The van der Waals surface area contributed by atoms with Crippen molar-refractivity contribution in [2.75, 3.05) is 11.9 Å². The van der Waals surface area contributed by atoms with Crippen LogP contribution < -0.4 is 10.6 Å². The SMILES string of the molecule is CCC=C(C)C(=O)NCCC(=O)Nc1ccncc1.